The molecule has 0 saturated carbocycles. The summed E-state index contributed by atoms with van der Waals surface area (Å²) in [5, 5.41) is 0. The Labute approximate surface area is 62.4 Å². The third-order valence-electron chi connectivity index (χ3n) is 1.30. The summed E-state index contributed by atoms with van der Waals surface area (Å²) >= 11 is 0. The van der Waals surface area contributed by atoms with Gasteiger partial charge in [-0.2, -0.15) is 0 Å². The van der Waals surface area contributed by atoms with Crippen LogP contribution in [0, 0.1) is 0 Å². The van der Waals surface area contributed by atoms with Gasteiger partial charge >= 0.3 is 0 Å². The Bertz CT molecular complexity index is 134. The molecule has 0 amide bonds. The second-order valence-corrected chi connectivity index (χ2v) is 2.20. The standard InChI is InChI=1S/C9H14O/c1-3-5-7-9(8-10)6-4-2/h4,6,8H,2-3,5,7H2,1H3. The van der Waals surface area contributed by atoms with Crippen LogP contribution >= 0.6 is 0 Å². The number of rotatable bonds is 5. The average molecular weight is 138 g/mol. The molecule has 1 heteroatoms. The Hall–Kier alpha value is -0.850. The van der Waals surface area contributed by atoms with E-state index in [9.17, 15) is 4.79 Å². The lowest BCUT2D eigenvalue weighted by Gasteiger charge is -1.93. The molecule has 0 unspecified atom stereocenters. The summed E-state index contributed by atoms with van der Waals surface area (Å²) in [5.41, 5.74) is 0.844. The van der Waals surface area contributed by atoms with E-state index in [-0.39, 0.29) is 0 Å². The molecule has 0 heterocycles. The van der Waals surface area contributed by atoms with Crippen LogP contribution in [0.3, 0.4) is 0 Å². The van der Waals surface area contributed by atoms with Gasteiger partial charge in [-0.05, 0) is 18.4 Å². The molecule has 0 atom stereocenters. The predicted octanol–water partition coefficient (Wildman–Crippen LogP) is 2.49. The molecule has 0 rings (SSSR count). The van der Waals surface area contributed by atoms with Crippen molar-refractivity contribution in [1.29, 1.82) is 0 Å². The van der Waals surface area contributed by atoms with Crippen LogP contribution in [0.15, 0.2) is 24.3 Å². The van der Waals surface area contributed by atoms with E-state index in [1.54, 1.807) is 12.2 Å². The van der Waals surface area contributed by atoms with Crippen LogP contribution in [0.2, 0.25) is 0 Å². The summed E-state index contributed by atoms with van der Waals surface area (Å²) in [7, 11) is 0. The van der Waals surface area contributed by atoms with Crippen LogP contribution < -0.4 is 0 Å². The highest BCUT2D eigenvalue weighted by Crippen LogP contribution is 2.03. The summed E-state index contributed by atoms with van der Waals surface area (Å²) in [6.45, 7) is 5.63. The van der Waals surface area contributed by atoms with Gasteiger partial charge in [-0.15, -0.1) is 0 Å². The first-order chi connectivity index (χ1) is 4.85. The number of hydrogen-bond acceptors (Lipinski definition) is 1. The van der Waals surface area contributed by atoms with Crippen molar-refractivity contribution >= 4 is 6.29 Å². The number of carbonyl (C=O) groups excluding carboxylic acids is 1. The molecular weight excluding hydrogens is 124 g/mol. The lowest BCUT2D eigenvalue weighted by atomic mass is 10.1. The average Bonchev–Trinajstić information content (AvgIpc) is 1.98. The molecule has 10 heavy (non-hydrogen) atoms. The van der Waals surface area contributed by atoms with Gasteiger partial charge in [-0.3, -0.25) is 4.79 Å². The maximum absolute atomic E-state index is 10.3. The zero-order valence-electron chi connectivity index (χ0n) is 6.47. The monoisotopic (exact) mass is 138 g/mol. The van der Waals surface area contributed by atoms with Gasteiger partial charge in [0.05, 0.1) is 0 Å². The first-order valence-electron chi connectivity index (χ1n) is 3.62. The molecule has 0 fully saturated rings. The summed E-state index contributed by atoms with van der Waals surface area (Å²) in [6.07, 6.45) is 7.41. The minimum atomic E-state index is 0.844. The van der Waals surface area contributed by atoms with Crippen LogP contribution in [0.5, 0.6) is 0 Å². The molecule has 1 nitrogen and oxygen atoms in total. The van der Waals surface area contributed by atoms with Crippen molar-refractivity contribution in [3.8, 4) is 0 Å². The quantitative estimate of drug-likeness (QED) is 0.324. The van der Waals surface area contributed by atoms with E-state index in [1.807, 2.05) is 0 Å². The SMILES string of the molecule is C=CC=C(C=O)CCCC. The van der Waals surface area contributed by atoms with Crippen LogP contribution in [-0.4, -0.2) is 6.29 Å². The van der Waals surface area contributed by atoms with Crippen LogP contribution in [0.25, 0.3) is 0 Å². The van der Waals surface area contributed by atoms with Gasteiger partial charge in [0, 0.05) is 0 Å². The van der Waals surface area contributed by atoms with Crippen LogP contribution in [0.4, 0.5) is 0 Å². The van der Waals surface area contributed by atoms with Crippen molar-refractivity contribution in [2.75, 3.05) is 0 Å². The fourth-order valence-electron chi connectivity index (χ4n) is 0.714. The minimum Gasteiger partial charge on any atom is -0.298 e. The van der Waals surface area contributed by atoms with Gasteiger partial charge in [0.15, 0.2) is 0 Å². The molecule has 0 aliphatic rings. The Balaban J connectivity index is 3.70. The number of hydrogen-bond donors (Lipinski definition) is 0. The first kappa shape index (κ1) is 9.15. The van der Waals surface area contributed by atoms with E-state index < -0.39 is 0 Å². The predicted molar refractivity (Wildman–Crippen MR) is 43.9 cm³/mol. The van der Waals surface area contributed by atoms with Gasteiger partial charge in [0.25, 0.3) is 0 Å². The lowest BCUT2D eigenvalue weighted by molar-refractivity contribution is -0.105. The van der Waals surface area contributed by atoms with Gasteiger partial charge in [0.1, 0.15) is 6.29 Å². The van der Waals surface area contributed by atoms with Gasteiger partial charge < -0.3 is 0 Å². The van der Waals surface area contributed by atoms with Crippen molar-refractivity contribution in [3.63, 3.8) is 0 Å². The van der Waals surface area contributed by atoms with E-state index >= 15 is 0 Å². The smallest absolute Gasteiger partial charge is 0.146 e. The minimum absolute atomic E-state index is 0.844. The molecule has 0 bridgehead atoms. The Morgan fingerprint density at radius 1 is 1.60 bits per heavy atom. The fraction of sp³-hybridized carbons (Fsp3) is 0.444. The molecular formula is C9H14O. The largest absolute Gasteiger partial charge is 0.298 e. The van der Waals surface area contributed by atoms with Crippen molar-refractivity contribution < 1.29 is 4.79 Å². The Morgan fingerprint density at radius 3 is 2.70 bits per heavy atom. The Kier molecular flexibility index (Phi) is 5.74. The molecule has 0 saturated heterocycles. The van der Waals surface area contributed by atoms with Gasteiger partial charge in [0.2, 0.25) is 0 Å². The first-order valence-corrected chi connectivity index (χ1v) is 3.62. The second kappa shape index (κ2) is 6.27. The lowest BCUT2D eigenvalue weighted by Crippen LogP contribution is -1.83. The highest BCUT2D eigenvalue weighted by Gasteiger charge is 1.90. The number of carbonyl (C=O) groups is 1. The molecule has 0 aliphatic carbocycles. The molecule has 0 radical (unpaired) electrons. The summed E-state index contributed by atoms with van der Waals surface area (Å²) in [5.74, 6) is 0. The highest BCUT2D eigenvalue weighted by atomic mass is 16.1. The van der Waals surface area contributed by atoms with Crippen molar-refractivity contribution in [2.24, 2.45) is 0 Å². The number of allylic oxidation sites excluding steroid dienone is 3. The van der Waals surface area contributed by atoms with Crippen LogP contribution in [0.1, 0.15) is 26.2 Å². The van der Waals surface area contributed by atoms with E-state index in [2.05, 4.69) is 13.5 Å². The van der Waals surface area contributed by atoms with Gasteiger partial charge in [-0.1, -0.05) is 32.1 Å². The van der Waals surface area contributed by atoms with E-state index in [0.29, 0.717) is 0 Å². The zero-order valence-corrected chi connectivity index (χ0v) is 6.47. The summed E-state index contributed by atoms with van der Waals surface area (Å²) < 4.78 is 0. The topological polar surface area (TPSA) is 17.1 Å². The van der Waals surface area contributed by atoms with Crippen molar-refractivity contribution in [2.45, 2.75) is 26.2 Å². The zero-order chi connectivity index (χ0) is 7.82. The molecule has 0 N–H and O–H groups in total. The van der Waals surface area contributed by atoms with E-state index in [0.717, 1.165) is 31.1 Å². The number of aldehydes is 1. The van der Waals surface area contributed by atoms with Crippen LogP contribution in [-0.2, 0) is 4.79 Å². The molecule has 0 aliphatic heterocycles. The summed E-state index contributed by atoms with van der Waals surface area (Å²) in [4.78, 5) is 10.3. The van der Waals surface area contributed by atoms with Gasteiger partial charge in [-0.25, -0.2) is 0 Å². The molecule has 56 valence electrons. The highest BCUT2D eigenvalue weighted by molar-refractivity contribution is 5.73. The fourth-order valence-corrected chi connectivity index (χ4v) is 0.714. The maximum Gasteiger partial charge on any atom is 0.146 e. The van der Waals surface area contributed by atoms with E-state index in [1.165, 1.54) is 0 Å². The molecule has 0 aromatic rings. The van der Waals surface area contributed by atoms with E-state index in [4.69, 9.17) is 0 Å². The Morgan fingerprint density at radius 2 is 2.30 bits per heavy atom. The third-order valence-corrected chi connectivity index (χ3v) is 1.30. The number of unbranched alkanes of at least 4 members (excludes halogenated alkanes) is 1. The molecule has 0 aromatic heterocycles. The molecule has 0 spiro atoms. The maximum atomic E-state index is 10.3. The normalized spacial score (nSPS) is 11.1. The van der Waals surface area contributed by atoms with Crippen molar-refractivity contribution in [3.05, 3.63) is 24.3 Å². The van der Waals surface area contributed by atoms with Crippen molar-refractivity contribution in [1.82, 2.24) is 0 Å². The second-order valence-electron chi connectivity index (χ2n) is 2.20. The third kappa shape index (κ3) is 4.07. The molecule has 0 aromatic carbocycles. The summed E-state index contributed by atoms with van der Waals surface area (Å²) in [6, 6.07) is 0.